The van der Waals surface area contributed by atoms with Crippen LogP contribution in [0.3, 0.4) is 0 Å². The molecule has 1 saturated carbocycles. The van der Waals surface area contributed by atoms with Crippen LogP contribution in [0, 0.1) is 23.7 Å². The first-order chi connectivity index (χ1) is 13.4. The first kappa shape index (κ1) is 20.4. The molecule has 1 aromatic rings. The molecule has 0 radical (unpaired) electrons. The number of carbonyl (C=O) groups is 1. The number of hydrogen-bond acceptors (Lipinski definition) is 4. The van der Waals surface area contributed by atoms with Crippen LogP contribution in [-0.2, 0) is 11.2 Å². The van der Waals surface area contributed by atoms with Gasteiger partial charge in [0.05, 0.1) is 12.2 Å². The summed E-state index contributed by atoms with van der Waals surface area (Å²) in [4.78, 5) is 10.9. The van der Waals surface area contributed by atoms with Gasteiger partial charge in [-0.05, 0) is 24.8 Å². The number of aryl methyl sites for hydroxylation is 1. The van der Waals surface area contributed by atoms with E-state index in [0.29, 0.717) is 19.3 Å². The molecule has 0 bridgehead atoms. The average molecular weight is 384 g/mol. The van der Waals surface area contributed by atoms with Crippen LogP contribution >= 0.6 is 0 Å². The van der Waals surface area contributed by atoms with Crippen molar-refractivity contribution in [2.24, 2.45) is 11.8 Å². The van der Waals surface area contributed by atoms with E-state index in [1.807, 2.05) is 31.2 Å². The van der Waals surface area contributed by atoms with E-state index < -0.39 is 18.2 Å². The van der Waals surface area contributed by atoms with Gasteiger partial charge in [-0.3, -0.25) is 4.79 Å². The largest absolute Gasteiger partial charge is 0.489 e. The number of benzene rings is 1. The SMILES string of the molecule is CC#CC[C@H](C)[C@@H](O)/C=C/[C@@H]1[C@H]2c3cccc(CCC(=O)O)c3O[C@H]2C[C@H]1O. The van der Waals surface area contributed by atoms with Gasteiger partial charge >= 0.3 is 5.97 Å². The van der Waals surface area contributed by atoms with E-state index in [1.165, 1.54) is 0 Å². The van der Waals surface area contributed by atoms with Gasteiger partial charge in [-0.15, -0.1) is 11.8 Å². The molecule has 3 N–H and O–H groups in total. The molecule has 5 nitrogen and oxygen atoms in total. The van der Waals surface area contributed by atoms with Gasteiger partial charge in [0.25, 0.3) is 0 Å². The maximum Gasteiger partial charge on any atom is 0.303 e. The first-order valence-corrected chi connectivity index (χ1v) is 9.86. The van der Waals surface area contributed by atoms with E-state index in [9.17, 15) is 15.0 Å². The summed E-state index contributed by atoms with van der Waals surface area (Å²) in [5.41, 5.74) is 1.93. The fraction of sp³-hybridized carbons (Fsp3) is 0.522. The Morgan fingerprint density at radius 3 is 2.93 bits per heavy atom. The highest BCUT2D eigenvalue weighted by atomic mass is 16.5. The molecular weight excluding hydrogens is 356 g/mol. The number of aliphatic hydroxyl groups excluding tert-OH is 2. The molecule has 150 valence electrons. The van der Waals surface area contributed by atoms with Crippen LogP contribution < -0.4 is 4.74 Å². The Morgan fingerprint density at radius 1 is 1.43 bits per heavy atom. The quantitative estimate of drug-likeness (QED) is 0.497. The van der Waals surface area contributed by atoms with Crippen LogP contribution in [0.2, 0.25) is 0 Å². The molecule has 3 rings (SSSR count). The second-order valence-electron chi connectivity index (χ2n) is 7.78. The third-order valence-corrected chi connectivity index (χ3v) is 5.81. The van der Waals surface area contributed by atoms with E-state index in [0.717, 1.165) is 16.9 Å². The number of para-hydroxylation sites is 1. The Hall–Kier alpha value is -2.29. The van der Waals surface area contributed by atoms with Crippen molar-refractivity contribution >= 4 is 5.97 Å². The summed E-state index contributed by atoms with van der Waals surface area (Å²) < 4.78 is 6.13. The lowest BCUT2D eigenvalue weighted by Gasteiger charge is -2.19. The standard InChI is InChI=1S/C23H28O5/c1-3-4-6-14(2)18(24)11-10-16-19(25)13-20-22(16)17-8-5-7-15(23(17)28-20)9-12-21(26)27/h5,7-8,10-11,14,16,18-20,22,24-25H,6,9,12-13H2,1-2H3,(H,26,27)/b11-10+/t14-,16-,18-,19+,20-,22-/m0/s1. The zero-order chi connectivity index (χ0) is 20.3. The van der Waals surface area contributed by atoms with Crippen LogP contribution in [0.25, 0.3) is 0 Å². The number of hydrogen-bond donors (Lipinski definition) is 3. The number of carboxylic acids is 1. The first-order valence-electron chi connectivity index (χ1n) is 9.86. The molecule has 5 heteroatoms. The molecule has 1 heterocycles. The molecule has 0 unspecified atom stereocenters. The zero-order valence-corrected chi connectivity index (χ0v) is 16.3. The van der Waals surface area contributed by atoms with Crippen molar-refractivity contribution < 1.29 is 24.9 Å². The smallest absolute Gasteiger partial charge is 0.303 e. The average Bonchev–Trinajstić information content (AvgIpc) is 3.17. The molecule has 1 fully saturated rings. The highest BCUT2D eigenvalue weighted by molar-refractivity contribution is 5.67. The number of aliphatic hydroxyl groups is 2. The second kappa shape index (κ2) is 8.81. The fourth-order valence-corrected chi connectivity index (χ4v) is 4.22. The van der Waals surface area contributed by atoms with Crippen molar-refractivity contribution in [3.63, 3.8) is 0 Å². The molecule has 1 aliphatic heterocycles. The minimum absolute atomic E-state index is 0.0176. The Bertz CT molecular complexity index is 803. The molecular formula is C23H28O5. The highest BCUT2D eigenvalue weighted by Crippen LogP contribution is 2.52. The normalized spacial score (nSPS) is 27.4. The summed E-state index contributed by atoms with van der Waals surface area (Å²) in [6, 6.07) is 5.83. The molecule has 1 aliphatic carbocycles. The van der Waals surface area contributed by atoms with Crippen LogP contribution in [0.1, 0.15) is 50.2 Å². The number of ether oxygens (including phenoxy) is 1. The Labute approximate surface area is 166 Å². The van der Waals surface area contributed by atoms with Gasteiger partial charge in [-0.25, -0.2) is 0 Å². The molecule has 6 atom stereocenters. The molecule has 28 heavy (non-hydrogen) atoms. The molecule has 0 spiro atoms. The van der Waals surface area contributed by atoms with Crippen molar-refractivity contribution in [1.29, 1.82) is 0 Å². The molecule has 0 amide bonds. The van der Waals surface area contributed by atoms with Crippen molar-refractivity contribution in [2.45, 2.75) is 63.8 Å². The van der Waals surface area contributed by atoms with E-state index in [2.05, 4.69) is 11.8 Å². The van der Waals surface area contributed by atoms with Crippen LogP contribution in [0.15, 0.2) is 30.4 Å². The van der Waals surface area contributed by atoms with Gasteiger partial charge in [0.15, 0.2) is 0 Å². The van der Waals surface area contributed by atoms with Gasteiger partial charge in [0.2, 0.25) is 0 Å². The van der Waals surface area contributed by atoms with E-state index >= 15 is 0 Å². The lowest BCUT2D eigenvalue weighted by atomic mass is 9.86. The predicted molar refractivity (Wildman–Crippen MR) is 106 cm³/mol. The van der Waals surface area contributed by atoms with Crippen LogP contribution in [0.5, 0.6) is 5.75 Å². The van der Waals surface area contributed by atoms with Crippen molar-refractivity contribution in [3.8, 4) is 17.6 Å². The Balaban J connectivity index is 1.78. The van der Waals surface area contributed by atoms with Crippen LogP contribution in [-0.4, -0.2) is 39.6 Å². The summed E-state index contributed by atoms with van der Waals surface area (Å²) >= 11 is 0. The fourth-order valence-electron chi connectivity index (χ4n) is 4.22. The lowest BCUT2D eigenvalue weighted by molar-refractivity contribution is -0.136. The maximum absolute atomic E-state index is 10.9. The summed E-state index contributed by atoms with van der Waals surface area (Å²) in [7, 11) is 0. The zero-order valence-electron chi connectivity index (χ0n) is 16.3. The molecule has 2 aliphatic rings. The minimum atomic E-state index is -0.831. The van der Waals surface area contributed by atoms with Gasteiger partial charge in [0.1, 0.15) is 11.9 Å². The van der Waals surface area contributed by atoms with Crippen molar-refractivity contribution in [3.05, 3.63) is 41.5 Å². The number of fused-ring (bicyclic) bond motifs is 3. The Kier molecular flexibility index (Phi) is 6.43. The van der Waals surface area contributed by atoms with Crippen LogP contribution in [0.4, 0.5) is 0 Å². The van der Waals surface area contributed by atoms with E-state index in [1.54, 1.807) is 13.0 Å². The third kappa shape index (κ3) is 4.24. The van der Waals surface area contributed by atoms with Gasteiger partial charge < -0.3 is 20.1 Å². The summed E-state index contributed by atoms with van der Waals surface area (Å²) in [6.45, 7) is 3.74. The molecule has 1 aromatic carbocycles. The minimum Gasteiger partial charge on any atom is -0.489 e. The summed E-state index contributed by atoms with van der Waals surface area (Å²) in [5.74, 6) is 5.67. The van der Waals surface area contributed by atoms with Crippen molar-refractivity contribution in [2.75, 3.05) is 0 Å². The number of aliphatic carboxylic acids is 1. The molecule has 0 aromatic heterocycles. The number of rotatable bonds is 7. The van der Waals surface area contributed by atoms with Gasteiger partial charge in [-0.1, -0.05) is 37.3 Å². The highest BCUT2D eigenvalue weighted by Gasteiger charge is 2.48. The Morgan fingerprint density at radius 2 is 2.21 bits per heavy atom. The monoisotopic (exact) mass is 384 g/mol. The third-order valence-electron chi connectivity index (χ3n) is 5.81. The summed E-state index contributed by atoms with van der Waals surface area (Å²) in [5, 5.41) is 29.9. The lowest BCUT2D eigenvalue weighted by Crippen LogP contribution is -2.19. The predicted octanol–water partition coefficient (Wildman–Crippen LogP) is 2.90. The van der Waals surface area contributed by atoms with E-state index in [4.69, 9.17) is 9.84 Å². The van der Waals surface area contributed by atoms with Gasteiger partial charge in [0, 0.05) is 36.7 Å². The molecule has 0 saturated heterocycles. The van der Waals surface area contributed by atoms with Gasteiger partial charge in [-0.2, -0.15) is 0 Å². The topological polar surface area (TPSA) is 87.0 Å². The van der Waals surface area contributed by atoms with Crippen molar-refractivity contribution in [1.82, 2.24) is 0 Å². The number of carboxylic acid groups (broad SMARTS) is 1. The maximum atomic E-state index is 10.9. The van der Waals surface area contributed by atoms with E-state index in [-0.39, 0.29) is 30.3 Å². The summed E-state index contributed by atoms with van der Waals surface area (Å²) in [6.07, 6.45) is 4.06. The second-order valence-corrected chi connectivity index (χ2v) is 7.78.